The summed E-state index contributed by atoms with van der Waals surface area (Å²) in [6.45, 7) is 6.56. The van der Waals surface area contributed by atoms with E-state index in [1.54, 1.807) is 6.92 Å². The maximum Gasteiger partial charge on any atom is 0.323 e. The summed E-state index contributed by atoms with van der Waals surface area (Å²) in [5, 5.41) is 12.6. The summed E-state index contributed by atoms with van der Waals surface area (Å²) in [4.78, 5) is 13.8. The first-order chi connectivity index (χ1) is 10.1. The standard InChI is InChI=1S/C17H26N2O2/c1-3-11-18-17(2,16(20)21)10-6-12-19-13-9-14-7-4-5-8-15(14)19/h4-5,7-8,18H,3,6,9-13H2,1-2H3,(H,20,21). The molecule has 1 atom stereocenters. The Hall–Kier alpha value is -1.55. The molecule has 0 aliphatic carbocycles. The minimum atomic E-state index is -0.810. The number of carboxylic acid groups (broad SMARTS) is 1. The number of carboxylic acids is 1. The van der Waals surface area contributed by atoms with Gasteiger partial charge >= 0.3 is 5.97 Å². The highest BCUT2D eigenvalue weighted by molar-refractivity contribution is 5.78. The fourth-order valence-corrected chi connectivity index (χ4v) is 2.93. The van der Waals surface area contributed by atoms with Gasteiger partial charge in [0, 0.05) is 18.8 Å². The maximum absolute atomic E-state index is 11.5. The van der Waals surface area contributed by atoms with Gasteiger partial charge in [-0.05, 0) is 50.8 Å². The van der Waals surface area contributed by atoms with Gasteiger partial charge in [-0.1, -0.05) is 25.1 Å². The van der Waals surface area contributed by atoms with E-state index < -0.39 is 11.5 Å². The van der Waals surface area contributed by atoms with Crippen molar-refractivity contribution in [3.05, 3.63) is 29.8 Å². The van der Waals surface area contributed by atoms with Crippen LogP contribution in [0, 0.1) is 0 Å². The van der Waals surface area contributed by atoms with Gasteiger partial charge in [-0.25, -0.2) is 0 Å². The first kappa shape index (κ1) is 15.8. The maximum atomic E-state index is 11.5. The molecule has 2 rings (SSSR count). The van der Waals surface area contributed by atoms with E-state index in [-0.39, 0.29) is 0 Å². The van der Waals surface area contributed by atoms with E-state index in [9.17, 15) is 9.90 Å². The molecule has 1 aromatic carbocycles. The summed E-state index contributed by atoms with van der Waals surface area (Å²) < 4.78 is 0. The van der Waals surface area contributed by atoms with E-state index in [2.05, 4.69) is 41.4 Å². The molecule has 116 valence electrons. The number of para-hydroxylation sites is 1. The number of fused-ring (bicyclic) bond motifs is 1. The van der Waals surface area contributed by atoms with Crippen molar-refractivity contribution in [2.45, 2.75) is 45.1 Å². The molecule has 1 aliphatic heterocycles. The minimum absolute atomic E-state index is 0.654. The van der Waals surface area contributed by atoms with Crippen LogP contribution in [0.4, 0.5) is 5.69 Å². The monoisotopic (exact) mass is 290 g/mol. The van der Waals surface area contributed by atoms with Crippen molar-refractivity contribution >= 4 is 11.7 Å². The van der Waals surface area contributed by atoms with E-state index >= 15 is 0 Å². The summed E-state index contributed by atoms with van der Waals surface area (Å²) in [5.41, 5.74) is 1.91. The van der Waals surface area contributed by atoms with E-state index in [4.69, 9.17) is 0 Å². The van der Waals surface area contributed by atoms with Crippen LogP contribution in [0.25, 0.3) is 0 Å². The lowest BCUT2D eigenvalue weighted by molar-refractivity contribution is -0.144. The van der Waals surface area contributed by atoms with Crippen molar-refractivity contribution in [2.24, 2.45) is 0 Å². The summed E-state index contributed by atoms with van der Waals surface area (Å²) in [6, 6.07) is 8.49. The van der Waals surface area contributed by atoms with E-state index in [0.717, 1.165) is 38.9 Å². The van der Waals surface area contributed by atoms with Crippen molar-refractivity contribution in [3.8, 4) is 0 Å². The van der Waals surface area contributed by atoms with Crippen LogP contribution in [0.2, 0.25) is 0 Å². The van der Waals surface area contributed by atoms with E-state index in [1.165, 1.54) is 11.3 Å². The third kappa shape index (κ3) is 3.76. The highest BCUT2D eigenvalue weighted by Crippen LogP contribution is 2.28. The zero-order valence-electron chi connectivity index (χ0n) is 13.1. The molecule has 0 spiro atoms. The Morgan fingerprint density at radius 1 is 1.43 bits per heavy atom. The van der Waals surface area contributed by atoms with Crippen LogP contribution in [-0.2, 0) is 11.2 Å². The normalized spacial score (nSPS) is 16.6. The molecule has 0 aromatic heterocycles. The van der Waals surface area contributed by atoms with Crippen molar-refractivity contribution < 1.29 is 9.90 Å². The molecule has 0 saturated heterocycles. The van der Waals surface area contributed by atoms with Crippen LogP contribution >= 0.6 is 0 Å². The van der Waals surface area contributed by atoms with Gasteiger partial charge in [0.25, 0.3) is 0 Å². The number of aliphatic carboxylic acids is 1. The number of carbonyl (C=O) groups is 1. The van der Waals surface area contributed by atoms with Gasteiger partial charge < -0.3 is 15.3 Å². The van der Waals surface area contributed by atoms with Crippen molar-refractivity contribution in [1.82, 2.24) is 5.32 Å². The Morgan fingerprint density at radius 3 is 2.90 bits per heavy atom. The van der Waals surface area contributed by atoms with Crippen LogP contribution in [0.5, 0.6) is 0 Å². The number of benzene rings is 1. The van der Waals surface area contributed by atoms with E-state index in [0.29, 0.717) is 6.42 Å². The molecule has 0 amide bonds. The third-order valence-electron chi connectivity index (χ3n) is 4.33. The number of nitrogens with zero attached hydrogens (tertiary/aromatic N) is 1. The molecule has 4 heteroatoms. The van der Waals surface area contributed by atoms with Crippen LogP contribution in [0.15, 0.2) is 24.3 Å². The molecule has 4 nitrogen and oxygen atoms in total. The van der Waals surface area contributed by atoms with Crippen LogP contribution in [0.1, 0.15) is 38.7 Å². The smallest absolute Gasteiger partial charge is 0.323 e. The SMILES string of the molecule is CCCNC(C)(CCCN1CCc2ccccc21)C(=O)O. The van der Waals surface area contributed by atoms with Gasteiger partial charge in [-0.15, -0.1) is 0 Å². The van der Waals surface area contributed by atoms with Gasteiger partial charge in [0.15, 0.2) is 0 Å². The Balaban J connectivity index is 1.87. The largest absolute Gasteiger partial charge is 0.480 e. The predicted octanol–water partition coefficient (Wildman–Crippen LogP) is 2.67. The van der Waals surface area contributed by atoms with Crippen LogP contribution in [-0.4, -0.2) is 36.2 Å². The van der Waals surface area contributed by atoms with E-state index in [1.807, 2.05) is 0 Å². The molecule has 2 N–H and O–H groups in total. The number of anilines is 1. The Bertz CT molecular complexity index is 489. The molecular weight excluding hydrogens is 264 g/mol. The van der Waals surface area contributed by atoms with Crippen LogP contribution < -0.4 is 10.2 Å². The lowest BCUT2D eigenvalue weighted by atomic mass is 9.95. The molecule has 1 heterocycles. The van der Waals surface area contributed by atoms with Gasteiger partial charge in [-0.3, -0.25) is 4.79 Å². The lowest BCUT2D eigenvalue weighted by Gasteiger charge is -2.28. The second-order valence-electron chi connectivity index (χ2n) is 6.03. The molecule has 1 aliphatic rings. The number of nitrogens with one attached hydrogen (secondary N) is 1. The summed E-state index contributed by atoms with van der Waals surface area (Å²) in [7, 11) is 0. The number of rotatable bonds is 8. The molecule has 0 saturated carbocycles. The number of hydrogen-bond donors (Lipinski definition) is 2. The van der Waals surface area contributed by atoms with Crippen molar-refractivity contribution in [2.75, 3.05) is 24.5 Å². The fraction of sp³-hybridized carbons (Fsp3) is 0.588. The topological polar surface area (TPSA) is 52.6 Å². The minimum Gasteiger partial charge on any atom is -0.480 e. The molecule has 1 unspecified atom stereocenters. The summed E-state index contributed by atoms with van der Waals surface area (Å²) >= 11 is 0. The van der Waals surface area contributed by atoms with Gasteiger partial charge in [0.05, 0.1) is 0 Å². The fourth-order valence-electron chi connectivity index (χ4n) is 2.93. The highest BCUT2D eigenvalue weighted by Gasteiger charge is 2.32. The van der Waals surface area contributed by atoms with Gasteiger partial charge in [0.2, 0.25) is 0 Å². The Kier molecular flexibility index (Phi) is 5.23. The molecule has 0 bridgehead atoms. The second kappa shape index (κ2) is 6.94. The quantitative estimate of drug-likeness (QED) is 0.773. The lowest BCUT2D eigenvalue weighted by Crippen LogP contribution is -2.50. The Labute approximate surface area is 127 Å². The van der Waals surface area contributed by atoms with Crippen molar-refractivity contribution in [1.29, 1.82) is 0 Å². The van der Waals surface area contributed by atoms with Gasteiger partial charge in [-0.2, -0.15) is 0 Å². The zero-order chi connectivity index (χ0) is 15.3. The van der Waals surface area contributed by atoms with Crippen LogP contribution in [0.3, 0.4) is 0 Å². The third-order valence-corrected chi connectivity index (χ3v) is 4.33. The molecular formula is C17H26N2O2. The average molecular weight is 290 g/mol. The zero-order valence-corrected chi connectivity index (χ0v) is 13.1. The summed E-state index contributed by atoms with van der Waals surface area (Å²) in [5.74, 6) is -0.752. The Morgan fingerprint density at radius 2 is 2.19 bits per heavy atom. The second-order valence-corrected chi connectivity index (χ2v) is 6.03. The molecule has 0 radical (unpaired) electrons. The number of hydrogen-bond acceptors (Lipinski definition) is 3. The predicted molar refractivity (Wildman–Crippen MR) is 85.9 cm³/mol. The molecule has 0 fully saturated rings. The summed E-state index contributed by atoms with van der Waals surface area (Å²) in [6.07, 6.45) is 3.58. The molecule has 21 heavy (non-hydrogen) atoms. The van der Waals surface area contributed by atoms with Gasteiger partial charge in [0.1, 0.15) is 5.54 Å². The van der Waals surface area contributed by atoms with Crippen molar-refractivity contribution in [3.63, 3.8) is 0 Å². The first-order valence-corrected chi connectivity index (χ1v) is 7.88. The first-order valence-electron chi connectivity index (χ1n) is 7.88. The molecule has 1 aromatic rings. The average Bonchev–Trinajstić information content (AvgIpc) is 2.88. The highest BCUT2D eigenvalue weighted by atomic mass is 16.4.